The van der Waals surface area contributed by atoms with Gasteiger partial charge in [0, 0.05) is 16.0 Å². The molecule has 82 valence electrons. The number of rotatable bonds is 2. The first kappa shape index (κ1) is 11.1. The van der Waals surface area contributed by atoms with Gasteiger partial charge in [0.05, 0.1) is 17.6 Å². The molecule has 0 saturated heterocycles. The molecular weight excluding hydrogens is 326 g/mol. The summed E-state index contributed by atoms with van der Waals surface area (Å²) in [5.74, 6) is -1.73. The van der Waals surface area contributed by atoms with Crippen molar-refractivity contribution in [3.05, 3.63) is 45.8 Å². The Morgan fingerprint density at radius 1 is 1.50 bits per heavy atom. The molecule has 1 heterocycles. The van der Waals surface area contributed by atoms with Gasteiger partial charge in [-0.05, 0) is 34.7 Å². The van der Waals surface area contributed by atoms with Crippen LogP contribution in [0.2, 0.25) is 0 Å². The number of carboxylic acids is 1. The Balaban J connectivity index is 2.59. The van der Waals surface area contributed by atoms with Crippen molar-refractivity contribution in [1.29, 1.82) is 0 Å². The molecule has 0 amide bonds. The Kier molecular flexibility index (Phi) is 2.90. The topological polar surface area (TPSA) is 55.1 Å². The number of aromatic nitrogens is 2. The summed E-state index contributed by atoms with van der Waals surface area (Å²) < 4.78 is 15.6. The van der Waals surface area contributed by atoms with E-state index in [1.165, 1.54) is 23.2 Å². The zero-order valence-electron chi connectivity index (χ0n) is 7.89. The van der Waals surface area contributed by atoms with Crippen LogP contribution in [-0.2, 0) is 0 Å². The SMILES string of the molecule is O=C(O)c1cc(F)c(-n2ccnc2)cc1I. The van der Waals surface area contributed by atoms with Gasteiger partial charge >= 0.3 is 5.97 Å². The molecule has 2 aromatic rings. The van der Waals surface area contributed by atoms with Crippen molar-refractivity contribution in [3.63, 3.8) is 0 Å². The molecule has 1 N–H and O–H groups in total. The fraction of sp³-hybridized carbons (Fsp3) is 0. The van der Waals surface area contributed by atoms with Crippen LogP contribution < -0.4 is 0 Å². The summed E-state index contributed by atoms with van der Waals surface area (Å²) in [7, 11) is 0. The van der Waals surface area contributed by atoms with E-state index in [-0.39, 0.29) is 11.3 Å². The van der Waals surface area contributed by atoms with E-state index in [9.17, 15) is 9.18 Å². The van der Waals surface area contributed by atoms with Crippen molar-refractivity contribution in [2.24, 2.45) is 0 Å². The third-order valence-electron chi connectivity index (χ3n) is 2.05. The first-order chi connectivity index (χ1) is 7.59. The number of benzene rings is 1. The van der Waals surface area contributed by atoms with Gasteiger partial charge in [0.1, 0.15) is 5.82 Å². The monoisotopic (exact) mass is 332 g/mol. The normalized spacial score (nSPS) is 10.4. The number of carboxylic acid groups (broad SMARTS) is 1. The Morgan fingerprint density at radius 3 is 2.81 bits per heavy atom. The lowest BCUT2D eigenvalue weighted by Gasteiger charge is -2.06. The zero-order valence-corrected chi connectivity index (χ0v) is 10.1. The highest BCUT2D eigenvalue weighted by Gasteiger charge is 2.14. The number of nitrogens with zero attached hydrogens (tertiary/aromatic N) is 2. The third-order valence-corrected chi connectivity index (χ3v) is 2.94. The molecule has 1 aromatic heterocycles. The van der Waals surface area contributed by atoms with Crippen molar-refractivity contribution in [2.75, 3.05) is 0 Å². The van der Waals surface area contributed by atoms with Gasteiger partial charge in [0.15, 0.2) is 0 Å². The molecule has 1 aromatic carbocycles. The maximum atomic E-state index is 13.6. The summed E-state index contributed by atoms with van der Waals surface area (Å²) in [6.07, 6.45) is 4.57. The summed E-state index contributed by atoms with van der Waals surface area (Å²) >= 11 is 1.86. The summed E-state index contributed by atoms with van der Waals surface area (Å²) in [5.41, 5.74) is 0.244. The molecule has 0 unspecified atom stereocenters. The second-order valence-corrected chi connectivity index (χ2v) is 4.22. The first-order valence-corrected chi connectivity index (χ1v) is 5.38. The average Bonchev–Trinajstić information content (AvgIpc) is 2.73. The molecule has 6 heteroatoms. The summed E-state index contributed by atoms with van der Waals surface area (Å²) in [4.78, 5) is 14.6. The molecule has 0 atom stereocenters. The van der Waals surface area contributed by atoms with Gasteiger partial charge in [-0.25, -0.2) is 14.2 Å². The smallest absolute Gasteiger partial charge is 0.336 e. The molecule has 0 saturated carbocycles. The quantitative estimate of drug-likeness (QED) is 0.859. The van der Waals surface area contributed by atoms with Gasteiger partial charge < -0.3 is 9.67 Å². The van der Waals surface area contributed by atoms with E-state index in [1.54, 1.807) is 6.20 Å². The first-order valence-electron chi connectivity index (χ1n) is 4.30. The number of hydrogen-bond donors (Lipinski definition) is 1. The van der Waals surface area contributed by atoms with Gasteiger partial charge in [-0.15, -0.1) is 0 Å². The van der Waals surface area contributed by atoms with Crippen LogP contribution in [0.3, 0.4) is 0 Å². The maximum Gasteiger partial charge on any atom is 0.336 e. The van der Waals surface area contributed by atoms with Gasteiger partial charge in [0.25, 0.3) is 0 Å². The minimum absolute atomic E-state index is 0.0398. The van der Waals surface area contributed by atoms with E-state index in [2.05, 4.69) is 4.98 Å². The maximum absolute atomic E-state index is 13.6. The molecule has 0 bridgehead atoms. The number of carbonyl (C=O) groups is 1. The van der Waals surface area contributed by atoms with Crippen LogP contribution in [0.1, 0.15) is 10.4 Å². The lowest BCUT2D eigenvalue weighted by Crippen LogP contribution is -2.04. The third kappa shape index (κ3) is 1.92. The van der Waals surface area contributed by atoms with E-state index in [1.807, 2.05) is 22.6 Å². The minimum Gasteiger partial charge on any atom is -0.478 e. The standard InChI is InChI=1S/C10H6FIN2O2/c11-7-3-6(10(15)16)8(12)4-9(7)14-2-1-13-5-14/h1-5H,(H,15,16). The number of imidazole rings is 1. The van der Waals surface area contributed by atoms with Crippen molar-refractivity contribution in [3.8, 4) is 5.69 Å². The molecule has 16 heavy (non-hydrogen) atoms. The Bertz CT molecular complexity index is 540. The van der Waals surface area contributed by atoms with E-state index in [0.29, 0.717) is 3.57 Å². The van der Waals surface area contributed by atoms with E-state index < -0.39 is 11.8 Å². The second kappa shape index (κ2) is 4.20. The highest BCUT2D eigenvalue weighted by molar-refractivity contribution is 14.1. The summed E-state index contributed by atoms with van der Waals surface area (Å²) in [5, 5.41) is 8.82. The van der Waals surface area contributed by atoms with Crippen molar-refractivity contribution >= 4 is 28.6 Å². The van der Waals surface area contributed by atoms with Gasteiger partial charge in [-0.1, -0.05) is 0 Å². The highest BCUT2D eigenvalue weighted by atomic mass is 127. The molecule has 4 nitrogen and oxygen atoms in total. The van der Waals surface area contributed by atoms with Crippen molar-refractivity contribution < 1.29 is 14.3 Å². The van der Waals surface area contributed by atoms with Crippen molar-refractivity contribution in [2.45, 2.75) is 0 Å². The second-order valence-electron chi connectivity index (χ2n) is 3.06. The molecule has 0 spiro atoms. The van der Waals surface area contributed by atoms with Crippen LogP contribution in [-0.4, -0.2) is 20.6 Å². The van der Waals surface area contributed by atoms with Crippen LogP contribution in [0.15, 0.2) is 30.9 Å². The van der Waals surface area contributed by atoms with Crippen LogP contribution >= 0.6 is 22.6 Å². The van der Waals surface area contributed by atoms with E-state index >= 15 is 0 Å². The van der Waals surface area contributed by atoms with E-state index in [0.717, 1.165) is 6.07 Å². The molecular formula is C10H6FIN2O2. The number of hydrogen-bond acceptors (Lipinski definition) is 2. The van der Waals surface area contributed by atoms with Gasteiger partial charge in [0.2, 0.25) is 0 Å². The van der Waals surface area contributed by atoms with Gasteiger partial charge in [-0.3, -0.25) is 0 Å². The van der Waals surface area contributed by atoms with Crippen molar-refractivity contribution in [1.82, 2.24) is 9.55 Å². The van der Waals surface area contributed by atoms with Crippen LogP contribution in [0.25, 0.3) is 5.69 Å². The highest BCUT2D eigenvalue weighted by Crippen LogP contribution is 2.21. The predicted octanol–water partition coefficient (Wildman–Crippen LogP) is 2.31. The Hall–Kier alpha value is -1.44. The number of aromatic carboxylic acids is 1. The number of halogens is 2. The molecule has 0 aliphatic rings. The summed E-state index contributed by atoms with van der Waals surface area (Å²) in [6.45, 7) is 0. The van der Waals surface area contributed by atoms with E-state index in [4.69, 9.17) is 5.11 Å². The molecule has 0 aliphatic heterocycles. The molecule has 0 radical (unpaired) electrons. The largest absolute Gasteiger partial charge is 0.478 e. The minimum atomic E-state index is -1.14. The lowest BCUT2D eigenvalue weighted by atomic mass is 10.2. The van der Waals surface area contributed by atoms with Crippen LogP contribution in [0.5, 0.6) is 0 Å². The fourth-order valence-corrected chi connectivity index (χ4v) is 1.98. The molecule has 2 rings (SSSR count). The average molecular weight is 332 g/mol. The zero-order chi connectivity index (χ0) is 11.7. The van der Waals surface area contributed by atoms with Crippen LogP contribution in [0.4, 0.5) is 4.39 Å². The summed E-state index contributed by atoms with van der Waals surface area (Å²) in [6, 6.07) is 2.49. The Labute approximate surface area is 104 Å². The molecule has 0 aliphatic carbocycles. The van der Waals surface area contributed by atoms with Gasteiger partial charge in [-0.2, -0.15) is 0 Å². The lowest BCUT2D eigenvalue weighted by molar-refractivity contribution is 0.0695. The fourth-order valence-electron chi connectivity index (χ4n) is 1.30. The molecule has 0 fully saturated rings. The van der Waals surface area contributed by atoms with Crippen LogP contribution in [0, 0.1) is 9.39 Å². The Morgan fingerprint density at radius 2 is 2.25 bits per heavy atom. The predicted molar refractivity (Wildman–Crippen MR) is 63.2 cm³/mol.